The van der Waals surface area contributed by atoms with Crippen molar-refractivity contribution in [1.29, 1.82) is 0 Å². The van der Waals surface area contributed by atoms with Crippen LogP contribution in [-0.2, 0) is 20.9 Å². The van der Waals surface area contributed by atoms with Gasteiger partial charge >= 0.3 is 12.1 Å². The van der Waals surface area contributed by atoms with Gasteiger partial charge in [0.05, 0.1) is 0 Å². The minimum absolute atomic E-state index is 0.0964. The molecule has 2 amide bonds. The van der Waals surface area contributed by atoms with E-state index >= 15 is 0 Å². The van der Waals surface area contributed by atoms with Crippen LogP contribution in [-0.4, -0.2) is 40.6 Å². The fourth-order valence-electron chi connectivity index (χ4n) is 2.10. The van der Waals surface area contributed by atoms with Crippen LogP contribution in [0.5, 0.6) is 0 Å². The highest BCUT2D eigenvalue weighted by Crippen LogP contribution is 2.16. The first-order valence-corrected chi connectivity index (χ1v) is 6.70. The molecular formula is C15H16N2O5. The first-order valence-electron chi connectivity index (χ1n) is 6.70. The Balaban J connectivity index is 1.84. The SMILES string of the molecule is C=C(C(=O)O)N1CC[C@H](NC(=O)OCc2ccccc2)C1=O. The lowest BCUT2D eigenvalue weighted by Crippen LogP contribution is -2.42. The predicted octanol–water partition coefficient (Wildman–Crippen LogP) is 1.11. The summed E-state index contributed by atoms with van der Waals surface area (Å²) in [4.78, 5) is 35.5. The summed E-state index contributed by atoms with van der Waals surface area (Å²) in [5.74, 6) is -1.76. The van der Waals surface area contributed by atoms with Crippen LogP contribution >= 0.6 is 0 Å². The van der Waals surface area contributed by atoms with E-state index in [1.54, 1.807) is 0 Å². The number of amides is 2. The average Bonchev–Trinajstić information content (AvgIpc) is 2.86. The zero-order chi connectivity index (χ0) is 16.1. The summed E-state index contributed by atoms with van der Waals surface area (Å²) in [6.45, 7) is 3.64. The van der Waals surface area contributed by atoms with Gasteiger partial charge in [0, 0.05) is 6.54 Å². The molecule has 0 saturated carbocycles. The second-order valence-electron chi connectivity index (χ2n) is 4.79. The number of carbonyl (C=O) groups excluding carboxylic acids is 2. The number of aliphatic carboxylic acids is 1. The number of carbonyl (C=O) groups is 3. The molecule has 1 aromatic rings. The molecule has 1 fully saturated rings. The van der Waals surface area contributed by atoms with Crippen molar-refractivity contribution in [2.75, 3.05) is 6.54 Å². The van der Waals surface area contributed by atoms with Gasteiger partial charge in [0.1, 0.15) is 18.3 Å². The molecule has 116 valence electrons. The fraction of sp³-hybridized carbons (Fsp3) is 0.267. The largest absolute Gasteiger partial charge is 0.477 e. The number of carboxylic acid groups (broad SMARTS) is 1. The van der Waals surface area contributed by atoms with E-state index in [-0.39, 0.29) is 18.8 Å². The molecule has 7 heteroatoms. The topological polar surface area (TPSA) is 95.9 Å². The lowest BCUT2D eigenvalue weighted by molar-refractivity contribution is -0.138. The Labute approximate surface area is 127 Å². The van der Waals surface area contributed by atoms with Crippen LogP contribution in [0.25, 0.3) is 0 Å². The van der Waals surface area contributed by atoms with Gasteiger partial charge in [0.25, 0.3) is 0 Å². The molecule has 0 aliphatic carbocycles. The van der Waals surface area contributed by atoms with E-state index in [1.807, 2.05) is 30.3 Å². The second-order valence-corrected chi connectivity index (χ2v) is 4.79. The van der Waals surface area contributed by atoms with Gasteiger partial charge in [-0.2, -0.15) is 0 Å². The third-order valence-corrected chi connectivity index (χ3v) is 3.28. The zero-order valence-corrected chi connectivity index (χ0v) is 11.8. The number of hydrogen-bond donors (Lipinski definition) is 2. The number of carboxylic acids is 1. The average molecular weight is 304 g/mol. The third kappa shape index (κ3) is 3.63. The Morgan fingerprint density at radius 1 is 1.36 bits per heavy atom. The van der Waals surface area contributed by atoms with Gasteiger partial charge in [-0.1, -0.05) is 36.9 Å². The predicted molar refractivity (Wildman–Crippen MR) is 76.7 cm³/mol. The molecule has 1 aromatic carbocycles. The molecule has 1 atom stereocenters. The normalized spacial score (nSPS) is 17.2. The number of alkyl carbamates (subject to hydrolysis) is 1. The lowest BCUT2D eigenvalue weighted by atomic mass is 10.2. The van der Waals surface area contributed by atoms with Gasteiger partial charge in [-0.3, -0.25) is 4.79 Å². The molecule has 0 aromatic heterocycles. The van der Waals surface area contributed by atoms with Crippen LogP contribution in [0, 0.1) is 0 Å². The van der Waals surface area contributed by atoms with Crippen LogP contribution in [0.2, 0.25) is 0 Å². The van der Waals surface area contributed by atoms with Crippen LogP contribution in [0.15, 0.2) is 42.6 Å². The minimum atomic E-state index is -1.26. The lowest BCUT2D eigenvalue weighted by Gasteiger charge is -2.16. The van der Waals surface area contributed by atoms with Gasteiger partial charge in [-0.05, 0) is 12.0 Å². The fourth-order valence-corrected chi connectivity index (χ4v) is 2.10. The molecule has 1 saturated heterocycles. The van der Waals surface area contributed by atoms with Crippen molar-refractivity contribution >= 4 is 18.0 Å². The van der Waals surface area contributed by atoms with Crippen molar-refractivity contribution in [1.82, 2.24) is 10.2 Å². The highest BCUT2D eigenvalue weighted by Gasteiger charge is 2.36. The van der Waals surface area contributed by atoms with E-state index in [4.69, 9.17) is 9.84 Å². The number of benzene rings is 1. The van der Waals surface area contributed by atoms with E-state index in [9.17, 15) is 14.4 Å². The first-order chi connectivity index (χ1) is 10.5. The highest BCUT2D eigenvalue weighted by molar-refractivity contribution is 5.96. The molecule has 22 heavy (non-hydrogen) atoms. The highest BCUT2D eigenvalue weighted by atomic mass is 16.5. The number of ether oxygens (including phenoxy) is 1. The molecule has 0 unspecified atom stereocenters. The van der Waals surface area contributed by atoms with E-state index in [1.165, 1.54) is 0 Å². The van der Waals surface area contributed by atoms with Crippen molar-refractivity contribution in [3.63, 3.8) is 0 Å². The van der Waals surface area contributed by atoms with Crippen molar-refractivity contribution in [3.05, 3.63) is 48.2 Å². The van der Waals surface area contributed by atoms with E-state index in [0.717, 1.165) is 10.5 Å². The summed E-state index contributed by atoms with van der Waals surface area (Å²) in [6.07, 6.45) is -0.407. The van der Waals surface area contributed by atoms with Gasteiger partial charge < -0.3 is 20.1 Å². The van der Waals surface area contributed by atoms with Gasteiger partial charge in [0.15, 0.2) is 0 Å². The second kappa shape index (κ2) is 6.75. The zero-order valence-electron chi connectivity index (χ0n) is 11.8. The number of nitrogens with zero attached hydrogens (tertiary/aromatic N) is 1. The van der Waals surface area contributed by atoms with E-state index in [2.05, 4.69) is 11.9 Å². The number of likely N-dealkylation sites (tertiary alicyclic amines) is 1. The van der Waals surface area contributed by atoms with Crippen LogP contribution in [0.3, 0.4) is 0 Å². The molecule has 0 spiro atoms. The maximum atomic E-state index is 12.0. The Morgan fingerprint density at radius 3 is 2.68 bits per heavy atom. The van der Waals surface area contributed by atoms with Gasteiger partial charge in [0.2, 0.25) is 5.91 Å². The van der Waals surface area contributed by atoms with Crippen molar-refractivity contribution < 1.29 is 24.2 Å². The monoisotopic (exact) mass is 304 g/mol. The van der Waals surface area contributed by atoms with E-state index in [0.29, 0.717) is 6.42 Å². The summed E-state index contributed by atoms with van der Waals surface area (Å²) < 4.78 is 5.02. The minimum Gasteiger partial charge on any atom is -0.477 e. The Hall–Kier alpha value is -2.83. The van der Waals surface area contributed by atoms with Gasteiger partial charge in [-0.25, -0.2) is 9.59 Å². The summed E-state index contributed by atoms with van der Waals surface area (Å²) in [7, 11) is 0. The molecule has 1 aliphatic heterocycles. The molecule has 2 rings (SSSR count). The summed E-state index contributed by atoms with van der Waals surface area (Å²) >= 11 is 0. The third-order valence-electron chi connectivity index (χ3n) is 3.28. The van der Waals surface area contributed by atoms with Crippen molar-refractivity contribution in [2.24, 2.45) is 0 Å². The molecule has 2 N–H and O–H groups in total. The van der Waals surface area contributed by atoms with Crippen LogP contribution < -0.4 is 5.32 Å². The number of hydrogen-bond acceptors (Lipinski definition) is 4. The van der Waals surface area contributed by atoms with Crippen LogP contribution in [0.4, 0.5) is 4.79 Å². The van der Waals surface area contributed by atoms with Crippen molar-refractivity contribution in [2.45, 2.75) is 19.1 Å². The quantitative estimate of drug-likeness (QED) is 0.794. The van der Waals surface area contributed by atoms with E-state index < -0.39 is 24.0 Å². The molecule has 7 nitrogen and oxygen atoms in total. The number of nitrogens with one attached hydrogen (secondary N) is 1. The summed E-state index contributed by atoms with van der Waals surface area (Å²) in [5, 5.41) is 11.3. The maximum Gasteiger partial charge on any atom is 0.408 e. The summed E-state index contributed by atoms with van der Waals surface area (Å²) in [5.41, 5.74) is 0.531. The smallest absolute Gasteiger partial charge is 0.408 e. The van der Waals surface area contributed by atoms with Crippen LogP contribution in [0.1, 0.15) is 12.0 Å². The van der Waals surface area contributed by atoms with Crippen molar-refractivity contribution in [3.8, 4) is 0 Å². The maximum absolute atomic E-state index is 12.0. The number of rotatable bonds is 5. The molecule has 0 radical (unpaired) electrons. The Kier molecular flexibility index (Phi) is 4.77. The molecule has 1 heterocycles. The standard InChI is InChI=1S/C15H16N2O5/c1-10(14(19)20)17-8-7-12(13(17)18)16-15(21)22-9-11-5-3-2-4-6-11/h2-6,12H,1,7-9H2,(H,16,21)(H,19,20)/t12-/m0/s1. The molecule has 0 bridgehead atoms. The Morgan fingerprint density at radius 2 is 2.05 bits per heavy atom. The summed E-state index contributed by atoms with van der Waals surface area (Å²) in [6, 6.07) is 8.34. The molecular weight excluding hydrogens is 288 g/mol. The molecule has 1 aliphatic rings. The van der Waals surface area contributed by atoms with Gasteiger partial charge in [-0.15, -0.1) is 0 Å². The first kappa shape index (κ1) is 15.6. The Bertz CT molecular complexity index is 599.